The predicted molar refractivity (Wildman–Crippen MR) is 53.9 cm³/mol. The molecule has 12 heavy (non-hydrogen) atoms. The number of nitrogens with two attached hydrogens (primary N) is 1. The van der Waals surface area contributed by atoms with E-state index in [1.807, 2.05) is 18.2 Å². The average Bonchev–Trinajstić information content (AvgIpc) is 2.12. The molecule has 0 amide bonds. The lowest BCUT2D eigenvalue weighted by Gasteiger charge is -2.02. The van der Waals surface area contributed by atoms with Crippen molar-refractivity contribution in [2.45, 2.75) is 0 Å². The Morgan fingerprint density at radius 2 is 2.08 bits per heavy atom. The molecule has 0 unspecified atom stereocenters. The normalized spacial score (nSPS) is 10.4. The van der Waals surface area contributed by atoms with Crippen molar-refractivity contribution in [3.05, 3.63) is 35.1 Å². The van der Waals surface area contributed by atoms with Crippen LogP contribution in [0.2, 0.25) is 0 Å². The van der Waals surface area contributed by atoms with Gasteiger partial charge in [0, 0.05) is 22.3 Å². The zero-order valence-corrected chi connectivity index (χ0v) is 7.88. The third kappa shape index (κ3) is 1.06. The first-order valence-corrected chi connectivity index (χ1v) is 4.36. The molecule has 0 aliphatic heterocycles. The Balaban J connectivity index is 2.91. The van der Waals surface area contributed by atoms with Crippen LogP contribution in [0.4, 0.5) is 5.69 Å². The zero-order chi connectivity index (χ0) is 8.55. The number of hydrogen-bond acceptors (Lipinski definition) is 2. The maximum atomic E-state index is 5.83. The SMILES string of the molecule is Nc1c(Br)ccc2ccncc12. The van der Waals surface area contributed by atoms with Gasteiger partial charge in [0.15, 0.2) is 0 Å². The Hall–Kier alpha value is -1.09. The Morgan fingerprint density at radius 3 is 2.92 bits per heavy atom. The quantitative estimate of drug-likeness (QED) is 0.697. The molecule has 0 aliphatic rings. The van der Waals surface area contributed by atoms with Crippen molar-refractivity contribution in [3.63, 3.8) is 0 Å². The van der Waals surface area contributed by atoms with E-state index in [1.165, 1.54) is 0 Å². The van der Waals surface area contributed by atoms with E-state index in [1.54, 1.807) is 12.4 Å². The first-order chi connectivity index (χ1) is 5.79. The molecule has 0 aliphatic carbocycles. The van der Waals surface area contributed by atoms with Crippen molar-refractivity contribution in [3.8, 4) is 0 Å². The number of anilines is 1. The lowest BCUT2D eigenvalue weighted by atomic mass is 10.1. The van der Waals surface area contributed by atoms with Gasteiger partial charge in [-0.05, 0) is 33.4 Å². The molecule has 1 heterocycles. The van der Waals surface area contributed by atoms with E-state index < -0.39 is 0 Å². The summed E-state index contributed by atoms with van der Waals surface area (Å²) >= 11 is 3.36. The molecule has 1 aromatic carbocycles. The highest BCUT2D eigenvalue weighted by molar-refractivity contribution is 9.10. The highest BCUT2D eigenvalue weighted by Crippen LogP contribution is 2.27. The molecule has 0 bridgehead atoms. The number of hydrogen-bond donors (Lipinski definition) is 1. The average molecular weight is 223 g/mol. The van der Waals surface area contributed by atoms with Crippen LogP contribution < -0.4 is 5.73 Å². The fraction of sp³-hybridized carbons (Fsp3) is 0. The van der Waals surface area contributed by atoms with Crippen LogP contribution in [-0.4, -0.2) is 4.98 Å². The van der Waals surface area contributed by atoms with E-state index in [0.717, 1.165) is 20.9 Å². The molecule has 0 radical (unpaired) electrons. The smallest absolute Gasteiger partial charge is 0.0553 e. The monoisotopic (exact) mass is 222 g/mol. The van der Waals surface area contributed by atoms with E-state index >= 15 is 0 Å². The minimum absolute atomic E-state index is 0.751. The van der Waals surface area contributed by atoms with Gasteiger partial charge in [-0.1, -0.05) is 6.07 Å². The first kappa shape index (κ1) is 7.55. The number of nitrogens with zero attached hydrogens (tertiary/aromatic N) is 1. The summed E-state index contributed by atoms with van der Waals surface area (Å²) in [6.07, 6.45) is 3.53. The molecular weight excluding hydrogens is 216 g/mol. The fourth-order valence-corrected chi connectivity index (χ4v) is 1.50. The number of rotatable bonds is 0. The first-order valence-electron chi connectivity index (χ1n) is 3.57. The van der Waals surface area contributed by atoms with Crippen LogP contribution in [-0.2, 0) is 0 Å². The molecule has 60 valence electrons. The molecule has 0 saturated heterocycles. The summed E-state index contributed by atoms with van der Waals surface area (Å²) < 4.78 is 0.919. The molecular formula is C9H7BrN2. The lowest BCUT2D eigenvalue weighted by Crippen LogP contribution is -1.88. The summed E-state index contributed by atoms with van der Waals surface area (Å²) in [5.74, 6) is 0. The standard InChI is InChI=1S/C9H7BrN2/c10-8-2-1-6-3-4-12-5-7(6)9(8)11/h1-5H,11H2. The Morgan fingerprint density at radius 1 is 1.25 bits per heavy atom. The van der Waals surface area contributed by atoms with Gasteiger partial charge in [-0.15, -0.1) is 0 Å². The van der Waals surface area contributed by atoms with Crippen molar-refractivity contribution in [1.82, 2.24) is 4.98 Å². The second kappa shape index (κ2) is 2.75. The van der Waals surface area contributed by atoms with E-state index in [9.17, 15) is 0 Å². The van der Waals surface area contributed by atoms with Gasteiger partial charge in [-0.3, -0.25) is 4.98 Å². The summed E-state index contributed by atoms with van der Waals surface area (Å²) in [5, 5.41) is 2.11. The van der Waals surface area contributed by atoms with Gasteiger partial charge in [0.05, 0.1) is 5.69 Å². The molecule has 2 N–H and O–H groups in total. The van der Waals surface area contributed by atoms with E-state index in [0.29, 0.717) is 0 Å². The summed E-state index contributed by atoms with van der Waals surface area (Å²) in [5.41, 5.74) is 6.58. The highest BCUT2D eigenvalue weighted by Gasteiger charge is 2.00. The van der Waals surface area contributed by atoms with Crippen LogP contribution in [0, 0.1) is 0 Å². The Bertz CT molecular complexity index is 426. The van der Waals surface area contributed by atoms with Crippen LogP contribution in [0.25, 0.3) is 10.8 Å². The van der Waals surface area contributed by atoms with Gasteiger partial charge in [0.1, 0.15) is 0 Å². The number of pyridine rings is 1. The number of benzene rings is 1. The third-order valence-electron chi connectivity index (χ3n) is 1.81. The number of fused-ring (bicyclic) bond motifs is 1. The summed E-state index contributed by atoms with van der Waals surface area (Å²) in [7, 11) is 0. The van der Waals surface area contributed by atoms with Gasteiger partial charge in [-0.25, -0.2) is 0 Å². The minimum Gasteiger partial charge on any atom is -0.397 e. The summed E-state index contributed by atoms with van der Waals surface area (Å²) in [6, 6.07) is 5.90. The van der Waals surface area contributed by atoms with Crippen molar-refractivity contribution in [2.24, 2.45) is 0 Å². The van der Waals surface area contributed by atoms with Crippen LogP contribution in [0.1, 0.15) is 0 Å². The minimum atomic E-state index is 0.751. The number of aromatic nitrogens is 1. The van der Waals surface area contributed by atoms with Gasteiger partial charge in [0.2, 0.25) is 0 Å². The Labute approximate surface area is 78.5 Å². The van der Waals surface area contributed by atoms with E-state index in [2.05, 4.69) is 20.9 Å². The maximum Gasteiger partial charge on any atom is 0.0553 e. The molecule has 2 nitrogen and oxygen atoms in total. The van der Waals surface area contributed by atoms with Crippen molar-refractivity contribution < 1.29 is 0 Å². The molecule has 2 aromatic rings. The summed E-state index contributed by atoms with van der Waals surface area (Å²) in [6.45, 7) is 0. The number of nitrogen functional groups attached to an aromatic ring is 1. The van der Waals surface area contributed by atoms with E-state index in [-0.39, 0.29) is 0 Å². The largest absolute Gasteiger partial charge is 0.397 e. The predicted octanol–water partition coefficient (Wildman–Crippen LogP) is 2.58. The van der Waals surface area contributed by atoms with Crippen molar-refractivity contribution >= 4 is 32.4 Å². The van der Waals surface area contributed by atoms with Crippen molar-refractivity contribution in [1.29, 1.82) is 0 Å². The van der Waals surface area contributed by atoms with Crippen LogP contribution >= 0.6 is 15.9 Å². The van der Waals surface area contributed by atoms with Gasteiger partial charge >= 0.3 is 0 Å². The molecule has 0 atom stereocenters. The molecule has 2 rings (SSSR count). The lowest BCUT2D eigenvalue weighted by molar-refractivity contribution is 1.36. The van der Waals surface area contributed by atoms with Gasteiger partial charge in [0.25, 0.3) is 0 Å². The molecule has 0 fully saturated rings. The molecule has 1 aromatic heterocycles. The van der Waals surface area contributed by atoms with Crippen LogP contribution in [0.15, 0.2) is 35.1 Å². The van der Waals surface area contributed by atoms with Crippen molar-refractivity contribution in [2.75, 3.05) is 5.73 Å². The topological polar surface area (TPSA) is 38.9 Å². The third-order valence-corrected chi connectivity index (χ3v) is 2.50. The van der Waals surface area contributed by atoms with Crippen LogP contribution in [0.5, 0.6) is 0 Å². The fourth-order valence-electron chi connectivity index (χ4n) is 1.16. The second-order valence-electron chi connectivity index (χ2n) is 2.56. The van der Waals surface area contributed by atoms with Crippen LogP contribution in [0.3, 0.4) is 0 Å². The highest BCUT2D eigenvalue weighted by atomic mass is 79.9. The van der Waals surface area contributed by atoms with Gasteiger partial charge < -0.3 is 5.73 Å². The van der Waals surface area contributed by atoms with E-state index in [4.69, 9.17) is 5.73 Å². The second-order valence-corrected chi connectivity index (χ2v) is 3.41. The molecule has 3 heteroatoms. The maximum absolute atomic E-state index is 5.83. The number of halogens is 1. The van der Waals surface area contributed by atoms with Gasteiger partial charge in [-0.2, -0.15) is 0 Å². The molecule has 0 spiro atoms. The summed E-state index contributed by atoms with van der Waals surface area (Å²) in [4.78, 5) is 4.01. The molecule has 0 saturated carbocycles. The zero-order valence-electron chi connectivity index (χ0n) is 6.29. The Kier molecular flexibility index (Phi) is 1.73.